The van der Waals surface area contributed by atoms with E-state index < -0.39 is 0 Å². The molecule has 0 saturated carbocycles. The third-order valence-electron chi connectivity index (χ3n) is 2.20. The molecule has 0 radical (unpaired) electrons. The van der Waals surface area contributed by atoms with Crippen molar-refractivity contribution in [2.24, 2.45) is 0 Å². The van der Waals surface area contributed by atoms with Gasteiger partial charge in [0.25, 0.3) is 0 Å². The van der Waals surface area contributed by atoms with Gasteiger partial charge in [0, 0.05) is 5.56 Å². The molecule has 0 atom stereocenters. The Morgan fingerprint density at radius 1 is 1.29 bits per heavy atom. The molecule has 0 bridgehead atoms. The third-order valence-corrected chi connectivity index (χ3v) is 2.20. The summed E-state index contributed by atoms with van der Waals surface area (Å²) in [6.07, 6.45) is 1.69. The van der Waals surface area contributed by atoms with Gasteiger partial charge in [0.15, 0.2) is 0 Å². The summed E-state index contributed by atoms with van der Waals surface area (Å²) < 4.78 is 16.5. The monoisotopic (exact) mass is 241 g/mol. The van der Waals surface area contributed by atoms with Gasteiger partial charge in [0.2, 0.25) is 0 Å². The molecule has 0 aliphatic carbocycles. The van der Waals surface area contributed by atoms with E-state index in [1.54, 1.807) is 6.26 Å². The van der Waals surface area contributed by atoms with E-state index in [0.717, 1.165) is 17.9 Å². The Bertz CT molecular complexity index is 315. The first-order valence-electron chi connectivity index (χ1n) is 5.94. The number of ether oxygens (including phenoxy) is 2. The quantitative estimate of drug-likeness (QED) is 0.744. The van der Waals surface area contributed by atoms with E-state index in [-0.39, 0.29) is 5.60 Å². The zero-order valence-corrected chi connectivity index (χ0v) is 11.2. The minimum absolute atomic E-state index is 0.101. The highest BCUT2D eigenvalue weighted by Gasteiger charge is 2.09. The fourth-order valence-corrected chi connectivity index (χ4v) is 1.40. The molecule has 1 aromatic rings. The lowest BCUT2D eigenvalue weighted by Gasteiger charge is -2.19. The summed E-state index contributed by atoms with van der Waals surface area (Å²) in [6, 6.07) is 1.94. The third kappa shape index (κ3) is 5.86. The van der Waals surface area contributed by atoms with Crippen molar-refractivity contribution >= 4 is 0 Å². The molecule has 0 aliphatic rings. The van der Waals surface area contributed by atoms with Gasteiger partial charge in [-0.2, -0.15) is 0 Å². The summed E-state index contributed by atoms with van der Waals surface area (Å²) in [7, 11) is 1.89. The Balaban J connectivity index is 2.20. The van der Waals surface area contributed by atoms with Crippen LogP contribution in [0.2, 0.25) is 0 Å². The van der Waals surface area contributed by atoms with Crippen LogP contribution in [0.3, 0.4) is 0 Å². The fraction of sp³-hybridized carbons (Fsp3) is 0.692. The Morgan fingerprint density at radius 3 is 2.71 bits per heavy atom. The molecule has 0 saturated heterocycles. The Kier molecular flexibility index (Phi) is 5.68. The maximum atomic E-state index is 5.57. The van der Waals surface area contributed by atoms with Gasteiger partial charge >= 0.3 is 0 Å². The topological polar surface area (TPSA) is 43.6 Å². The highest BCUT2D eigenvalue weighted by atomic mass is 16.5. The van der Waals surface area contributed by atoms with E-state index in [9.17, 15) is 0 Å². The molecule has 0 spiro atoms. The first-order valence-corrected chi connectivity index (χ1v) is 5.94. The zero-order chi connectivity index (χ0) is 12.7. The van der Waals surface area contributed by atoms with Crippen LogP contribution in [0.1, 0.15) is 32.1 Å². The van der Waals surface area contributed by atoms with Gasteiger partial charge < -0.3 is 19.2 Å². The van der Waals surface area contributed by atoms with Gasteiger partial charge in [-0.05, 0) is 33.9 Å². The largest absolute Gasteiger partial charge is 0.468 e. The van der Waals surface area contributed by atoms with Crippen molar-refractivity contribution in [3.05, 3.63) is 23.7 Å². The first kappa shape index (κ1) is 14.2. The van der Waals surface area contributed by atoms with Gasteiger partial charge in [-0.3, -0.25) is 0 Å². The van der Waals surface area contributed by atoms with E-state index in [1.165, 1.54) is 0 Å². The number of nitrogens with one attached hydrogen (secondary N) is 1. The van der Waals surface area contributed by atoms with Crippen molar-refractivity contribution in [2.45, 2.75) is 39.5 Å². The SMILES string of the molecule is CNCc1occc1COCCOC(C)(C)C. The average Bonchev–Trinajstić information content (AvgIpc) is 2.64. The van der Waals surface area contributed by atoms with Crippen LogP contribution in [-0.2, 0) is 22.6 Å². The van der Waals surface area contributed by atoms with E-state index in [1.807, 2.05) is 33.9 Å². The minimum Gasteiger partial charge on any atom is -0.468 e. The van der Waals surface area contributed by atoms with E-state index in [4.69, 9.17) is 13.9 Å². The van der Waals surface area contributed by atoms with E-state index in [0.29, 0.717) is 19.8 Å². The molecule has 4 heteroatoms. The van der Waals surface area contributed by atoms with Crippen molar-refractivity contribution < 1.29 is 13.9 Å². The Labute approximate surface area is 103 Å². The van der Waals surface area contributed by atoms with Gasteiger partial charge in [0.05, 0.1) is 38.2 Å². The van der Waals surface area contributed by atoms with Crippen molar-refractivity contribution in [3.8, 4) is 0 Å². The molecule has 1 rings (SSSR count). The minimum atomic E-state index is -0.101. The molecule has 0 aliphatic heterocycles. The van der Waals surface area contributed by atoms with Gasteiger partial charge in [0.1, 0.15) is 5.76 Å². The van der Waals surface area contributed by atoms with Gasteiger partial charge in [-0.15, -0.1) is 0 Å². The summed E-state index contributed by atoms with van der Waals surface area (Å²) >= 11 is 0. The number of furan rings is 1. The van der Waals surface area contributed by atoms with Crippen LogP contribution in [0.4, 0.5) is 0 Å². The first-order chi connectivity index (χ1) is 8.03. The molecule has 17 heavy (non-hydrogen) atoms. The van der Waals surface area contributed by atoms with Crippen LogP contribution in [0.25, 0.3) is 0 Å². The highest BCUT2D eigenvalue weighted by Crippen LogP contribution is 2.12. The molecule has 0 amide bonds. The molecule has 0 unspecified atom stereocenters. The predicted molar refractivity (Wildman–Crippen MR) is 66.8 cm³/mol. The van der Waals surface area contributed by atoms with Crippen LogP contribution in [0.15, 0.2) is 16.7 Å². The fourth-order valence-electron chi connectivity index (χ4n) is 1.40. The number of hydrogen-bond donors (Lipinski definition) is 1. The molecule has 1 aromatic heterocycles. The van der Waals surface area contributed by atoms with Crippen LogP contribution in [0, 0.1) is 0 Å². The molecule has 98 valence electrons. The van der Waals surface area contributed by atoms with Gasteiger partial charge in [-0.25, -0.2) is 0 Å². The summed E-state index contributed by atoms with van der Waals surface area (Å²) in [5.74, 6) is 0.934. The number of hydrogen-bond acceptors (Lipinski definition) is 4. The Hall–Kier alpha value is -0.840. The standard InChI is InChI=1S/C13H23NO3/c1-13(2,3)17-8-7-15-10-11-5-6-16-12(11)9-14-4/h5-6,14H,7-10H2,1-4H3. The molecule has 1 heterocycles. The maximum Gasteiger partial charge on any atom is 0.123 e. The molecule has 4 nitrogen and oxygen atoms in total. The lowest BCUT2D eigenvalue weighted by molar-refractivity contribution is -0.0378. The van der Waals surface area contributed by atoms with Crippen LogP contribution in [-0.4, -0.2) is 25.9 Å². The van der Waals surface area contributed by atoms with E-state index >= 15 is 0 Å². The second-order valence-electron chi connectivity index (χ2n) is 4.91. The lowest BCUT2D eigenvalue weighted by atomic mass is 10.2. The second-order valence-corrected chi connectivity index (χ2v) is 4.91. The molecule has 0 aromatic carbocycles. The average molecular weight is 241 g/mol. The van der Waals surface area contributed by atoms with Crippen LogP contribution < -0.4 is 5.32 Å². The lowest BCUT2D eigenvalue weighted by Crippen LogP contribution is -2.21. The maximum absolute atomic E-state index is 5.57. The van der Waals surface area contributed by atoms with Gasteiger partial charge in [-0.1, -0.05) is 0 Å². The summed E-state index contributed by atoms with van der Waals surface area (Å²) in [4.78, 5) is 0. The smallest absolute Gasteiger partial charge is 0.123 e. The van der Waals surface area contributed by atoms with E-state index in [2.05, 4.69) is 5.32 Å². The second kappa shape index (κ2) is 6.79. The van der Waals surface area contributed by atoms with Crippen molar-refractivity contribution in [1.82, 2.24) is 5.32 Å². The predicted octanol–water partition coefficient (Wildman–Crippen LogP) is 2.33. The van der Waals surface area contributed by atoms with Crippen LogP contribution in [0.5, 0.6) is 0 Å². The van der Waals surface area contributed by atoms with Crippen molar-refractivity contribution in [2.75, 3.05) is 20.3 Å². The molecular formula is C13H23NO3. The summed E-state index contributed by atoms with van der Waals surface area (Å²) in [6.45, 7) is 8.62. The molecule has 0 fully saturated rings. The molecular weight excluding hydrogens is 218 g/mol. The highest BCUT2D eigenvalue weighted by molar-refractivity contribution is 5.15. The zero-order valence-electron chi connectivity index (χ0n) is 11.2. The van der Waals surface area contributed by atoms with Crippen molar-refractivity contribution in [3.63, 3.8) is 0 Å². The molecule has 1 N–H and O–H groups in total. The number of rotatable bonds is 7. The summed E-state index contributed by atoms with van der Waals surface area (Å²) in [5.41, 5.74) is 0.992. The Morgan fingerprint density at radius 2 is 2.06 bits per heavy atom. The summed E-state index contributed by atoms with van der Waals surface area (Å²) in [5, 5.41) is 3.06. The van der Waals surface area contributed by atoms with Crippen LogP contribution >= 0.6 is 0 Å². The van der Waals surface area contributed by atoms with Crippen molar-refractivity contribution in [1.29, 1.82) is 0 Å². The normalized spacial score (nSPS) is 12.0.